The highest BCUT2D eigenvalue weighted by Crippen LogP contribution is 2.32. The van der Waals surface area contributed by atoms with E-state index in [0.29, 0.717) is 19.8 Å². The summed E-state index contributed by atoms with van der Waals surface area (Å²) in [6, 6.07) is 49.7. The average Bonchev–Trinajstić information content (AvgIpc) is 3.61. The SMILES string of the molecule is O=C([C@@H]1O[C@H](COCc2ccccc2)[C@@H](OCc2ccccc2)[C@H](OCc2ccccc2)[C@H]1OCc1ccccc1)n1ccc2ccccc21. The number of carbonyl (C=O) groups is 1. The molecule has 7 heteroatoms. The number of aromatic nitrogens is 1. The summed E-state index contributed by atoms with van der Waals surface area (Å²) in [6.45, 7) is 1.45. The Kier molecular flexibility index (Phi) is 11.2. The number of ether oxygens (including phenoxy) is 5. The topological polar surface area (TPSA) is 68.2 Å². The number of rotatable bonds is 14. The highest BCUT2D eigenvalue weighted by molar-refractivity contribution is 5.95. The Bertz CT molecular complexity index is 1910. The van der Waals surface area contributed by atoms with E-state index in [1.54, 1.807) is 10.8 Å². The van der Waals surface area contributed by atoms with Crippen LogP contribution in [0.2, 0.25) is 0 Å². The van der Waals surface area contributed by atoms with Gasteiger partial charge in [0.05, 0.1) is 38.6 Å². The number of hydrogen-bond acceptors (Lipinski definition) is 6. The van der Waals surface area contributed by atoms with E-state index in [1.165, 1.54) is 0 Å². The highest BCUT2D eigenvalue weighted by Gasteiger charge is 2.51. The normalized spacial score (nSPS) is 20.5. The second-order valence-electron chi connectivity index (χ2n) is 12.5. The van der Waals surface area contributed by atoms with E-state index in [2.05, 4.69) is 0 Å². The van der Waals surface area contributed by atoms with Crippen LogP contribution in [0, 0.1) is 0 Å². The van der Waals surface area contributed by atoms with Gasteiger partial charge in [0, 0.05) is 11.6 Å². The van der Waals surface area contributed by atoms with Gasteiger partial charge in [-0.3, -0.25) is 9.36 Å². The third-order valence-electron chi connectivity index (χ3n) is 8.96. The smallest absolute Gasteiger partial charge is 0.263 e. The second-order valence-corrected chi connectivity index (χ2v) is 12.5. The van der Waals surface area contributed by atoms with E-state index in [-0.39, 0.29) is 19.1 Å². The van der Waals surface area contributed by atoms with Crippen LogP contribution in [-0.4, -0.2) is 47.6 Å². The van der Waals surface area contributed by atoms with Crippen molar-refractivity contribution in [3.63, 3.8) is 0 Å². The first-order chi connectivity index (χ1) is 24.7. The molecule has 50 heavy (non-hydrogen) atoms. The Morgan fingerprint density at radius 2 is 0.980 bits per heavy atom. The lowest BCUT2D eigenvalue weighted by Gasteiger charge is -2.45. The minimum absolute atomic E-state index is 0.182. The third kappa shape index (κ3) is 8.28. The maximum atomic E-state index is 14.7. The zero-order valence-electron chi connectivity index (χ0n) is 27.8. The van der Waals surface area contributed by atoms with Crippen LogP contribution in [0.5, 0.6) is 0 Å². The van der Waals surface area contributed by atoms with Crippen molar-refractivity contribution in [1.29, 1.82) is 0 Å². The standard InChI is InChI=1S/C43H41NO6/c45-43(44-26-25-36-23-13-14-24-37(36)44)42-41(49-30-35-21-11-4-12-22-35)40(48-29-34-19-9-3-10-20-34)39(47-28-33-17-7-2-8-18-33)38(50-42)31-46-27-32-15-5-1-6-16-32/h1-26,38-42H,27-31H2/t38-,39-,40+,41-,42-/m1/s1. The lowest BCUT2D eigenvalue weighted by Crippen LogP contribution is -2.63. The van der Waals surface area contributed by atoms with Crippen LogP contribution in [-0.2, 0) is 50.1 Å². The van der Waals surface area contributed by atoms with E-state index >= 15 is 0 Å². The number of para-hydroxylation sites is 1. The van der Waals surface area contributed by atoms with Crippen molar-refractivity contribution in [3.05, 3.63) is 180 Å². The molecule has 0 spiro atoms. The van der Waals surface area contributed by atoms with Crippen molar-refractivity contribution < 1.29 is 28.5 Å². The van der Waals surface area contributed by atoms with Crippen LogP contribution in [0.4, 0.5) is 0 Å². The summed E-state index contributed by atoms with van der Waals surface area (Å²) in [5.74, 6) is -0.243. The maximum absolute atomic E-state index is 14.7. The van der Waals surface area contributed by atoms with E-state index in [0.717, 1.165) is 33.2 Å². The van der Waals surface area contributed by atoms with Crippen LogP contribution < -0.4 is 0 Å². The van der Waals surface area contributed by atoms with Gasteiger partial charge in [0.15, 0.2) is 6.10 Å². The molecule has 1 aliphatic rings. The Balaban J connectivity index is 1.25. The van der Waals surface area contributed by atoms with E-state index in [1.807, 2.05) is 152 Å². The molecular weight excluding hydrogens is 626 g/mol. The van der Waals surface area contributed by atoms with E-state index in [4.69, 9.17) is 23.7 Å². The summed E-state index contributed by atoms with van der Waals surface area (Å²) in [4.78, 5) is 14.7. The molecule has 1 saturated heterocycles. The zero-order chi connectivity index (χ0) is 34.0. The van der Waals surface area contributed by atoms with Gasteiger partial charge in [-0.05, 0) is 34.4 Å². The van der Waals surface area contributed by atoms with Crippen molar-refractivity contribution in [3.8, 4) is 0 Å². The fraction of sp³-hybridized carbons (Fsp3) is 0.233. The molecule has 1 aromatic heterocycles. The molecule has 2 heterocycles. The molecule has 7 rings (SSSR count). The minimum atomic E-state index is -1.02. The third-order valence-corrected chi connectivity index (χ3v) is 8.96. The minimum Gasteiger partial charge on any atom is -0.374 e. The molecule has 254 valence electrons. The van der Waals surface area contributed by atoms with Crippen LogP contribution in [0.1, 0.15) is 27.0 Å². The number of fused-ring (bicyclic) bond motifs is 1. The van der Waals surface area contributed by atoms with Gasteiger partial charge in [-0.25, -0.2) is 0 Å². The van der Waals surface area contributed by atoms with Gasteiger partial charge in [-0.15, -0.1) is 0 Å². The van der Waals surface area contributed by atoms with Gasteiger partial charge in [0.2, 0.25) is 0 Å². The molecule has 0 radical (unpaired) electrons. The number of hydrogen-bond donors (Lipinski definition) is 0. The summed E-state index contributed by atoms with van der Waals surface area (Å²) in [6.07, 6.45) is -1.98. The predicted molar refractivity (Wildman–Crippen MR) is 192 cm³/mol. The Hall–Kier alpha value is -4.89. The first-order valence-electron chi connectivity index (χ1n) is 17.1. The fourth-order valence-corrected chi connectivity index (χ4v) is 6.40. The molecule has 7 nitrogen and oxygen atoms in total. The van der Waals surface area contributed by atoms with Gasteiger partial charge >= 0.3 is 0 Å². The summed E-state index contributed by atoms with van der Waals surface area (Å²) in [5, 5.41) is 0.960. The zero-order valence-corrected chi connectivity index (χ0v) is 27.8. The molecule has 1 aliphatic heterocycles. The lowest BCUT2D eigenvalue weighted by atomic mass is 9.93. The summed E-state index contributed by atoms with van der Waals surface area (Å²) >= 11 is 0. The molecule has 5 aromatic carbocycles. The van der Waals surface area contributed by atoms with Crippen molar-refractivity contribution in [1.82, 2.24) is 4.57 Å². The Morgan fingerprint density at radius 1 is 0.520 bits per heavy atom. The molecule has 0 bridgehead atoms. The van der Waals surface area contributed by atoms with Gasteiger partial charge in [0.1, 0.15) is 24.4 Å². The van der Waals surface area contributed by atoms with Gasteiger partial charge in [0.25, 0.3) is 5.91 Å². The molecular formula is C43H41NO6. The monoisotopic (exact) mass is 667 g/mol. The van der Waals surface area contributed by atoms with E-state index < -0.39 is 30.5 Å². The number of carbonyl (C=O) groups excluding carboxylic acids is 1. The van der Waals surface area contributed by atoms with Crippen LogP contribution in [0.3, 0.4) is 0 Å². The first kappa shape index (κ1) is 33.6. The molecule has 6 aromatic rings. The summed E-state index contributed by atoms with van der Waals surface area (Å²) < 4.78 is 35.0. The molecule has 0 saturated carbocycles. The number of benzene rings is 5. The Morgan fingerprint density at radius 3 is 1.54 bits per heavy atom. The molecule has 5 atom stereocenters. The van der Waals surface area contributed by atoms with E-state index in [9.17, 15) is 4.79 Å². The second kappa shape index (κ2) is 16.7. The van der Waals surface area contributed by atoms with Crippen LogP contribution in [0.15, 0.2) is 158 Å². The first-order valence-corrected chi connectivity index (χ1v) is 17.1. The van der Waals surface area contributed by atoms with Gasteiger partial charge in [-0.1, -0.05) is 140 Å². The summed E-state index contributed by atoms with van der Waals surface area (Å²) in [5.41, 5.74) is 4.82. The largest absolute Gasteiger partial charge is 0.374 e. The summed E-state index contributed by atoms with van der Waals surface area (Å²) in [7, 11) is 0. The fourth-order valence-electron chi connectivity index (χ4n) is 6.40. The molecule has 0 aliphatic carbocycles. The van der Waals surface area contributed by atoms with Gasteiger partial charge < -0.3 is 23.7 Å². The molecule has 0 N–H and O–H groups in total. The van der Waals surface area contributed by atoms with Crippen LogP contribution in [0.25, 0.3) is 10.9 Å². The van der Waals surface area contributed by atoms with Gasteiger partial charge in [-0.2, -0.15) is 0 Å². The van der Waals surface area contributed by atoms with Crippen LogP contribution >= 0.6 is 0 Å². The Labute approximate surface area is 292 Å². The van der Waals surface area contributed by atoms with Crippen molar-refractivity contribution in [2.75, 3.05) is 6.61 Å². The number of nitrogens with zero attached hydrogens (tertiary/aromatic N) is 1. The van der Waals surface area contributed by atoms with Crippen molar-refractivity contribution in [2.24, 2.45) is 0 Å². The predicted octanol–water partition coefficient (Wildman–Crippen LogP) is 8.02. The molecule has 0 amide bonds. The quantitative estimate of drug-likeness (QED) is 0.117. The molecule has 0 unspecified atom stereocenters. The highest BCUT2D eigenvalue weighted by atomic mass is 16.6. The van der Waals surface area contributed by atoms with Crippen molar-refractivity contribution >= 4 is 16.8 Å². The lowest BCUT2D eigenvalue weighted by molar-refractivity contribution is -0.262. The molecule has 1 fully saturated rings. The van der Waals surface area contributed by atoms with Crippen molar-refractivity contribution in [2.45, 2.75) is 56.9 Å². The average molecular weight is 668 g/mol. The maximum Gasteiger partial charge on any atom is 0.263 e.